The third kappa shape index (κ3) is 3.25. The van der Waals surface area contributed by atoms with E-state index in [1.54, 1.807) is 0 Å². The lowest BCUT2D eigenvalue weighted by Gasteiger charge is -2.09. The van der Waals surface area contributed by atoms with Crippen LogP contribution in [0, 0.1) is 11.6 Å². The minimum atomic E-state index is -1.69. The fourth-order valence-corrected chi connectivity index (χ4v) is 1.97. The lowest BCUT2D eigenvalue weighted by atomic mass is 10.1. The molecular formula is C15H11F2NO4. The Morgan fingerprint density at radius 2 is 1.82 bits per heavy atom. The van der Waals surface area contributed by atoms with Crippen LogP contribution in [-0.2, 0) is 16.1 Å². The molecule has 2 rings (SSSR count). The van der Waals surface area contributed by atoms with Gasteiger partial charge in [-0.25, -0.2) is 13.6 Å². The molecule has 0 saturated heterocycles. The van der Waals surface area contributed by atoms with Crippen LogP contribution >= 0.6 is 0 Å². The molecule has 0 saturated carbocycles. The second kappa shape index (κ2) is 6.30. The van der Waals surface area contributed by atoms with Gasteiger partial charge in [0, 0.05) is 11.8 Å². The lowest BCUT2D eigenvalue weighted by Crippen LogP contribution is -2.19. The second-order valence-corrected chi connectivity index (χ2v) is 4.56. The van der Waals surface area contributed by atoms with Crippen molar-refractivity contribution in [2.45, 2.75) is 13.0 Å². The molecule has 22 heavy (non-hydrogen) atoms. The molecule has 2 aromatic rings. The first kappa shape index (κ1) is 15.6. The van der Waals surface area contributed by atoms with Crippen molar-refractivity contribution in [3.05, 3.63) is 59.4 Å². The van der Waals surface area contributed by atoms with Crippen molar-refractivity contribution in [2.24, 2.45) is 0 Å². The van der Waals surface area contributed by atoms with Crippen molar-refractivity contribution < 1.29 is 28.3 Å². The molecule has 0 amide bonds. The minimum absolute atomic E-state index is 0.0369. The fraction of sp³-hybridized carbons (Fsp3) is 0.133. The van der Waals surface area contributed by atoms with Gasteiger partial charge in [-0.3, -0.25) is 9.59 Å². The van der Waals surface area contributed by atoms with E-state index < -0.39 is 35.6 Å². The number of carboxylic acid groups (broad SMARTS) is 1. The summed E-state index contributed by atoms with van der Waals surface area (Å²) in [5, 5.41) is 8.50. The molecule has 0 unspecified atom stereocenters. The van der Waals surface area contributed by atoms with Crippen LogP contribution in [0.2, 0.25) is 0 Å². The van der Waals surface area contributed by atoms with E-state index in [0.717, 1.165) is 6.07 Å². The van der Waals surface area contributed by atoms with E-state index in [-0.39, 0.29) is 17.8 Å². The number of aliphatic carboxylic acids is 1. The molecule has 0 fully saturated rings. The zero-order valence-corrected chi connectivity index (χ0v) is 11.3. The van der Waals surface area contributed by atoms with Gasteiger partial charge < -0.3 is 9.67 Å². The zero-order chi connectivity index (χ0) is 16.3. The predicted molar refractivity (Wildman–Crippen MR) is 71.5 cm³/mol. The highest BCUT2D eigenvalue weighted by Crippen LogP contribution is 2.15. The normalized spacial score (nSPS) is 10.5. The number of carbonyl (C=O) groups excluding carboxylic acids is 2. The van der Waals surface area contributed by atoms with E-state index in [4.69, 9.17) is 5.11 Å². The number of rotatable bonds is 6. The number of ketones is 2. The van der Waals surface area contributed by atoms with Gasteiger partial charge >= 0.3 is 5.97 Å². The number of benzene rings is 1. The summed E-state index contributed by atoms with van der Waals surface area (Å²) >= 11 is 0. The smallest absolute Gasteiger partial charge is 0.372 e. The quantitative estimate of drug-likeness (QED) is 0.503. The molecule has 114 valence electrons. The Kier molecular flexibility index (Phi) is 4.45. The average Bonchev–Trinajstić information content (AvgIpc) is 2.92. The number of nitrogens with zero attached hydrogens (tertiary/aromatic N) is 1. The highest BCUT2D eigenvalue weighted by molar-refractivity contribution is 6.37. The first-order valence-electron chi connectivity index (χ1n) is 6.27. The third-order valence-corrected chi connectivity index (χ3v) is 3.05. The van der Waals surface area contributed by atoms with Crippen molar-refractivity contribution in [3.8, 4) is 0 Å². The van der Waals surface area contributed by atoms with E-state index in [0.29, 0.717) is 0 Å². The molecule has 0 atom stereocenters. The van der Waals surface area contributed by atoms with E-state index >= 15 is 0 Å². The number of carbonyl (C=O) groups is 3. The largest absolute Gasteiger partial charge is 0.475 e. The van der Waals surface area contributed by atoms with Crippen molar-refractivity contribution in [1.29, 1.82) is 0 Å². The van der Waals surface area contributed by atoms with Crippen LogP contribution in [0.4, 0.5) is 8.78 Å². The van der Waals surface area contributed by atoms with Gasteiger partial charge in [0.1, 0.15) is 0 Å². The van der Waals surface area contributed by atoms with E-state index in [9.17, 15) is 23.2 Å². The first-order valence-corrected chi connectivity index (χ1v) is 6.27. The summed E-state index contributed by atoms with van der Waals surface area (Å²) in [7, 11) is 0. The molecule has 0 spiro atoms. The van der Waals surface area contributed by atoms with Crippen LogP contribution in [0.25, 0.3) is 0 Å². The van der Waals surface area contributed by atoms with Crippen molar-refractivity contribution in [2.75, 3.05) is 0 Å². The summed E-state index contributed by atoms with van der Waals surface area (Å²) in [5.74, 6) is -5.64. The Morgan fingerprint density at radius 1 is 1.09 bits per heavy atom. The summed E-state index contributed by atoms with van der Waals surface area (Å²) in [5.41, 5.74) is 0.0908. The SMILES string of the molecule is O=C(O)C(=O)CC(=O)c1cccn1Cc1cccc(F)c1F. The summed E-state index contributed by atoms with van der Waals surface area (Å²) in [6, 6.07) is 6.57. The summed E-state index contributed by atoms with van der Waals surface area (Å²) in [6.45, 7) is -0.112. The molecule has 7 heteroatoms. The first-order chi connectivity index (χ1) is 10.4. The number of hydrogen-bond acceptors (Lipinski definition) is 3. The van der Waals surface area contributed by atoms with Gasteiger partial charge in [0.2, 0.25) is 5.78 Å². The summed E-state index contributed by atoms with van der Waals surface area (Å²) in [6.07, 6.45) is 0.674. The number of halogens is 2. The van der Waals surface area contributed by atoms with Gasteiger partial charge in [0.25, 0.3) is 0 Å². The van der Waals surface area contributed by atoms with Gasteiger partial charge in [-0.1, -0.05) is 12.1 Å². The van der Waals surface area contributed by atoms with Gasteiger partial charge in [0.05, 0.1) is 18.7 Å². The number of hydrogen-bond donors (Lipinski definition) is 1. The summed E-state index contributed by atoms with van der Waals surface area (Å²) < 4.78 is 28.1. The monoisotopic (exact) mass is 307 g/mol. The molecular weight excluding hydrogens is 296 g/mol. The Balaban J connectivity index is 2.23. The zero-order valence-electron chi connectivity index (χ0n) is 11.3. The molecule has 0 aliphatic carbocycles. The number of carboxylic acids is 1. The van der Waals surface area contributed by atoms with E-state index in [1.165, 1.54) is 35.0 Å². The lowest BCUT2D eigenvalue weighted by molar-refractivity contribution is -0.148. The Bertz CT molecular complexity index is 752. The minimum Gasteiger partial charge on any atom is -0.475 e. The van der Waals surface area contributed by atoms with Crippen LogP contribution < -0.4 is 0 Å². The van der Waals surface area contributed by atoms with Gasteiger partial charge in [-0.2, -0.15) is 0 Å². The molecule has 5 nitrogen and oxygen atoms in total. The highest BCUT2D eigenvalue weighted by Gasteiger charge is 2.20. The maximum atomic E-state index is 13.6. The van der Waals surface area contributed by atoms with Crippen LogP contribution in [0.15, 0.2) is 36.5 Å². The molecule has 1 aromatic heterocycles. The topological polar surface area (TPSA) is 76.4 Å². The van der Waals surface area contributed by atoms with Crippen LogP contribution in [0.1, 0.15) is 22.5 Å². The molecule has 0 aliphatic rings. The summed E-state index contributed by atoms with van der Waals surface area (Å²) in [4.78, 5) is 33.5. The Morgan fingerprint density at radius 3 is 2.50 bits per heavy atom. The van der Waals surface area contributed by atoms with Gasteiger partial charge in [0.15, 0.2) is 17.4 Å². The van der Waals surface area contributed by atoms with Gasteiger partial charge in [-0.05, 0) is 18.2 Å². The van der Waals surface area contributed by atoms with Crippen LogP contribution in [0.3, 0.4) is 0 Å². The molecule has 1 aromatic carbocycles. The Hall–Kier alpha value is -2.83. The van der Waals surface area contributed by atoms with Crippen LogP contribution in [0.5, 0.6) is 0 Å². The maximum Gasteiger partial charge on any atom is 0.372 e. The van der Waals surface area contributed by atoms with Gasteiger partial charge in [-0.15, -0.1) is 0 Å². The molecule has 1 N–H and O–H groups in total. The van der Waals surface area contributed by atoms with Crippen molar-refractivity contribution in [1.82, 2.24) is 4.57 Å². The van der Waals surface area contributed by atoms with E-state index in [2.05, 4.69) is 0 Å². The van der Waals surface area contributed by atoms with Crippen molar-refractivity contribution >= 4 is 17.5 Å². The second-order valence-electron chi connectivity index (χ2n) is 4.56. The maximum absolute atomic E-state index is 13.6. The standard InChI is InChI=1S/C15H11F2NO4/c16-10-4-1-3-9(14(10)17)8-18-6-2-5-11(18)12(19)7-13(20)15(21)22/h1-6H,7-8H2,(H,21,22). The van der Waals surface area contributed by atoms with Crippen LogP contribution in [-0.4, -0.2) is 27.2 Å². The highest BCUT2D eigenvalue weighted by atomic mass is 19.2. The number of Topliss-reactive ketones (excluding diaryl/α,β-unsaturated/α-hetero) is 2. The predicted octanol–water partition coefficient (Wildman–Crippen LogP) is 2.04. The molecule has 0 bridgehead atoms. The van der Waals surface area contributed by atoms with Crippen molar-refractivity contribution in [3.63, 3.8) is 0 Å². The molecule has 0 radical (unpaired) electrons. The van der Waals surface area contributed by atoms with E-state index in [1.807, 2.05) is 0 Å². The Labute approximate surface area is 123 Å². The average molecular weight is 307 g/mol. The molecule has 0 aliphatic heterocycles. The number of aromatic nitrogens is 1. The fourth-order valence-electron chi connectivity index (χ4n) is 1.97. The third-order valence-electron chi connectivity index (χ3n) is 3.05. The molecule has 1 heterocycles.